The second-order valence-electron chi connectivity index (χ2n) is 8.57. The van der Waals surface area contributed by atoms with E-state index in [0.717, 1.165) is 42.7 Å². The summed E-state index contributed by atoms with van der Waals surface area (Å²) >= 11 is 0. The van der Waals surface area contributed by atoms with Gasteiger partial charge in [0, 0.05) is 11.3 Å². The van der Waals surface area contributed by atoms with Gasteiger partial charge in [0.25, 0.3) is 11.8 Å². The summed E-state index contributed by atoms with van der Waals surface area (Å²) in [6.07, 6.45) is 1.92. The molecule has 30 heavy (non-hydrogen) atoms. The summed E-state index contributed by atoms with van der Waals surface area (Å²) < 4.78 is 0. The zero-order chi connectivity index (χ0) is 21.5. The van der Waals surface area contributed by atoms with Crippen molar-refractivity contribution in [2.75, 3.05) is 38.0 Å². The van der Waals surface area contributed by atoms with Gasteiger partial charge in [0.2, 0.25) is 0 Å². The average molecular weight is 409 g/mol. The van der Waals surface area contributed by atoms with E-state index in [-0.39, 0.29) is 11.8 Å². The molecule has 0 unspecified atom stereocenters. The normalized spacial score (nSPS) is 14.7. The number of nitrogens with zero attached hydrogens (tertiary/aromatic N) is 1. The van der Waals surface area contributed by atoms with Gasteiger partial charge in [-0.3, -0.25) is 9.59 Å². The molecule has 0 spiro atoms. The van der Waals surface area contributed by atoms with E-state index in [0.29, 0.717) is 25.6 Å². The number of hydrogen-bond acceptors (Lipinski definition) is 2. The Hall–Kier alpha value is -2.66. The molecule has 0 saturated carbocycles. The van der Waals surface area contributed by atoms with Gasteiger partial charge >= 0.3 is 0 Å². The number of hydrogen-bond donors (Lipinski definition) is 2. The Morgan fingerprint density at radius 1 is 1.03 bits per heavy atom. The first-order valence-electron chi connectivity index (χ1n) is 11.1. The number of benzene rings is 2. The maximum absolute atomic E-state index is 12.8. The predicted molar refractivity (Wildman–Crippen MR) is 121 cm³/mol. The van der Waals surface area contributed by atoms with Gasteiger partial charge in [-0.15, -0.1) is 0 Å². The molecule has 2 N–H and O–H groups in total. The molecule has 0 aliphatic carbocycles. The van der Waals surface area contributed by atoms with Crippen molar-refractivity contribution < 1.29 is 14.5 Å². The molecule has 3 rings (SSSR count). The molecule has 2 aromatic rings. The fourth-order valence-electron chi connectivity index (χ4n) is 4.01. The van der Waals surface area contributed by atoms with Gasteiger partial charge < -0.3 is 15.1 Å². The van der Waals surface area contributed by atoms with E-state index in [1.54, 1.807) is 0 Å². The minimum absolute atomic E-state index is 0.0337. The second-order valence-corrected chi connectivity index (χ2v) is 8.57. The molecule has 1 aliphatic rings. The van der Waals surface area contributed by atoms with Crippen molar-refractivity contribution in [1.82, 2.24) is 4.90 Å². The van der Waals surface area contributed by atoms with Gasteiger partial charge in [-0.05, 0) is 48.1 Å². The molecule has 2 amide bonds. The Bertz CT molecular complexity index is 853. The molecule has 0 aromatic heterocycles. The molecule has 1 aliphatic heterocycles. The van der Waals surface area contributed by atoms with Gasteiger partial charge in [0.1, 0.15) is 0 Å². The second kappa shape index (κ2) is 10.4. The maximum atomic E-state index is 12.8. The lowest BCUT2D eigenvalue weighted by Crippen LogP contribution is -3.15. The van der Waals surface area contributed by atoms with Crippen LogP contribution >= 0.6 is 0 Å². The highest BCUT2D eigenvalue weighted by Gasteiger charge is 2.26. The third-order valence-corrected chi connectivity index (χ3v) is 5.69. The van der Waals surface area contributed by atoms with Crippen LogP contribution in [0.3, 0.4) is 0 Å². The van der Waals surface area contributed by atoms with E-state index >= 15 is 0 Å². The van der Waals surface area contributed by atoms with Gasteiger partial charge in [-0.1, -0.05) is 51.1 Å². The standard InChI is InChI=1S/C25H33N3O2/c1-4-21-7-5-6-8-23(21)26-24(29)18-27-13-15-28(16-14-27)25(30)22-11-9-20(10-12-22)17-19(2)3/h5-12,19H,4,13-18H2,1-3H3,(H,26,29)/p+1. The van der Waals surface area contributed by atoms with Crippen LogP contribution in [0, 0.1) is 5.92 Å². The lowest BCUT2D eigenvalue weighted by atomic mass is 10.0. The highest BCUT2D eigenvalue weighted by molar-refractivity contribution is 5.94. The van der Waals surface area contributed by atoms with Crippen LogP contribution in [0.2, 0.25) is 0 Å². The Morgan fingerprint density at radius 3 is 2.33 bits per heavy atom. The fraction of sp³-hybridized carbons (Fsp3) is 0.440. The summed E-state index contributed by atoms with van der Waals surface area (Å²) in [5.41, 5.74) is 4.07. The number of carbonyl (C=O) groups is 2. The molecule has 160 valence electrons. The van der Waals surface area contributed by atoms with Gasteiger partial charge in [-0.2, -0.15) is 0 Å². The number of aryl methyl sites for hydroxylation is 1. The summed E-state index contributed by atoms with van der Waals surface area (Å²) in [5, 5.41) is 3.05. The van der Waals surface area contributed by atoms with Crippen molar-refractivity contribution in [1.29, 1.82) is 0 Å². The Morgan fingerprint density at radius 2 is 1.70 bits per heavy atom. The topological polar surface area (TPSA) is 53.9 Å². The van der Waals surface area contributed by atoms with Crippen LogP contribution in [-0.4, -0.2) is 49.4 Å². The molecular weight excluding hydrogens is 374 g/mol. The molecule has 0 atom stereocenters. The minimum atomic E-state index is 0.0337. The number of piperazine rings is 1. The van der Waals surface area contributed by atoms with Crippen LogP contribution in [0.5, 0.6) is 0 Å². The number of nitrogens with one attached hydrogen (secondary N) is 2. The SMILES string of the molecule is CCc1ccccc1NC(=O)C[NH+]1CCN(C(=O)c2ccc(CC(C)C)cc2)CC1. The highest BCUT2D eigenvalue weighted by atomic mass is 16.2. The smallest absolute Gasteiger partial charge is 0.279 e. The molecular formula is C25H34N3O2+. The van der Waals surface area contributed by atoms with Crippen molar-refractivity contribution in [3.05, 3.63) is 65.2 Å². The number of rotatable bonds is 7. The maximum Gasteiger partial charge on any atom is 0.279 e. The van der Waals surface area contributed by atoms with Gasteiger partial charge in [-0.25, -0.2) is 0 Å². The Labute approximate surface area is 180 Å². The number of carbonyl (C=O) groups excluding carboxylic acids is 2. The lowest BCUT2D eigenvalue weighted by Gasteiger charge is -2.32. The fourth-order valence-corrected chi connectivity index (χ4v) is 4.01. The Kier molecular flexibility index (Phi) is 7.63. The molecule has 5 heteroatoms. The third kappa shape index (κ3) is 5.92. The molecule has 1 heterocycles. The monoisotopic (exact) mass is 408 g/mol. The first-order valence-corrected chi connectivity index (χ1v) is 11.1. The summed E-state index contributed by atoms with van der Waals surface area (Å²) in [6, 6.07) is 15.9. The minimum Gasteiger partial charge on any atom is -0.327 e. The summed E-state index contributed by atoms with van der Waals surface area (Å²) in [4.78, 5) is 28.4. The van der Waals surface area contributed by atoms with E-state index in [9.17, 15) is 9.59 Å². The summed E-state index contributed by atoms with van der Waals surface area (Å²) in [7, 11) is 0. The Balaban J connectivity index is 1.48. The van der Waals surface area contributed by atoms with E-state index in [4.69, 9.17) is 0 Å². The predicted octanol–water partition coefficient (Wildman–Crippen LogP) is 2.43. The van der Waals surface area contributed by atoms with Crippen molar-refractivity contribution in [3.63, 3.8) is 0 Å². The van der Waals surface area contributed by atoms with E-state index in [2.05, 4.69) is 38.2 Å². The molecule has 2 aromatic carbocycles. The number of quaternary nitrogens is 1. The van der Waals surface area contributed by atoms with Crippen LogP contribution < -0.4 is 10.2 Å². The summed E-state index contributed by atoms with van der Waals surface area (Å²) in [6.45, 7) is 9.86. The first-order chi connectivity index (χ1) is 14.5. The van der Waals surface area contributed by atoms with Crippen LogP contribution in [0.15, 0.2) is 48.5 Å². The zero-order valence-corrected chi connectivity index (χ0v) is 18.4. The van der Waals surface area contributed by atoms with Crippen molar-refractivity contribution in [2.45, 2.75) is 33.6 Å². The first kappa shape index (κ1) is 22.0. The highest BCUT2D eigenvalue weighted by Crippen LogP contribution is 2.15. The van der Waals surface area contributed by atoms with Crippen LogP contribution in [0.4, 0.5) is 5.69 Å². The summed E-state index contributed by atoms with van der Waals surface area (Å²) in [5.74, 6) is 0.730. The quantitative estimate of drug-likeness (QED) is 0.739. The molecule has 5 nitrogen and oxygen atoms in total. The average Bonchev–Trinajstić information content (AvgIpc) is 2.74. The van der Waals surface area contributed by atoms with Crippen molar-refractivity contribution >= 4 is 17.5 Å². The van der Waals surface area contributed by atoms with E-state index in [1.807, 2.05) is 41.3 Å². The number of para-hydroxylation sites is 1. The van der Waals surface area contributed by atoms with Crippen LogP contribution in [-0.2, 0) is 17.6 Å². The third-order valence-electron chi connectivity index (χ3n) is 5.69. The van der Waals surface area contributed by atoms with Gasteiger partial charge in [0.15, 0.2) is 6.54 Å². The van der Waals surface area contributed by atoms with Gasteiger partial charge in [0.05, 0.1) is 26.2 Å². The van der Waals surface area contributed by atoms with E-state index < -0.39 is 0 Å². The van der Waals surface area contributed by atoms with Crippen molar-refractivity contribution in [3.8, 4) is 0 Å². The largest absolute Gasteiger partial charge is 0.327 e. The number of amides is 2. The van der Waals surface area contributed by atoms with Crippen molar-refractivity contribution in [2.24, 2.45) is 5.92 Å². The molecule has 0 bridgehead atoms. The lowest BCUT2D eigenvalue weighted by molar-refractivity contribution is -0.895. The number of anilines is 1. The van der Waals surface area contributed by atoms with Crippen LogP contribution in [0.1, 0.15) is 42.3 Å². The zero-order valence-electron chi connectivity index (χ0n) is 18.4. The molecule has 1 saturated heterocycles. The van der Waals surface area contributed by atoms with E-state index in [1.165, 1.54) is 10.5 Å². The van der Waals surface area contributed by atoms with Crippen LogP contribution in [0.25, 0.3) is 0 Å². The molecule has 1 fully saturated rings. The molecule has 0 radical (unpaired) electrons.